The van der Waals surface area contributed by atoms with Crippen molar-refractivity contribution in [1.82, 2.24) is 15.6 Å². The van der Waals surface area contributed by atoms with Crippen LogP contribution >= 0.6 is 11.3 Å². The fourth-order valence-corrected chi connectivity index (χ4v) is 2.10. The number of nitrogens with zero attached hydrogens (tertiary/aromatic N) is 1. The van der Waals surface area contributed by atoms with Crippen LogP contribution in [0.3, 0.4) is 0 Å². The number of hydrogen-bond donors (Lipinski definition) is 2. The lowest BCUT2D eigenvalue weighted by atomic mass is 10.3. The van der Waals surface area contributed by atoms with Crippen LogP contribution in [0.4, 0.5) is 4.79 Å². The molecule has 1 heterocycles. The van der Waals surface area contributed by atoms with Crippen molar-refractivity contribution >= 4 is 23.3 Å². The smallest absolute Gasteiger partial charge is 0.407 e. The molecule has 0 aliphatic heterocycles. The lowest BCUT2D eigenvalue weighted by Crippen LogP contribution is -2.45. The number of amides is 2. The van der Waals surface area contributed by atoms with E-state index in [1.165, 1.54) is 7.11 Å². The highest BCUT2D eigenvalue weighted by atomic mass is 32.1. The van der Waals surface area contributed by atoms with Crippen molar-refractivity contribution in [2.75, 3.05) is 13.7 Å². The summed E-state index contributed by atoms with van der Waals surface area (Å²) in [6.07, 6.45) is 0.128. The average molecular weight is 271 g/mol. The molecule has 0 bridgehead atoms. The summed E-state index contributed by atoms with van der Waals surface area (Å²) in [5.41, 5.74) is 2.78. The van der Waals surface area contributed by atoms with Gasteiger partial charge in [-0.05, 0) is 13.8 Å². The molecule has 2 amide bonds. The molecule has 2 N–H and O–H groups in total. The van der Waals surface area contributed by atoms with Gasteiger partial charge in [0.15, 0.2) is 0 Å². The van der Waals surface area contributed by atoms with E-state index in [-0.39, 0.29) is 5.91 Å². The van der Waals surface area contributed by atoms with Crippen LogP contribution in [0.15, 0.2) is 5.51 Å². The molecule has 100 valence electrons. The van der Waals surface area contributed by atoms with Gasteiger partial charge in [0.1, 0.15) is 6.04 Å². The van der Waals surface area contributed by atoms with E-state index in [2.05, 4.69) is 20.4 Å². The monoisotopic (exact) mass is 271 g/mol. The minimum Gasteiger partial charge on any atom is -0.453 e. The van der Waals surface area contributed by atoms with Gasteiger partial charge in [-0.2, -0.15) is 0 Å². The molecule has 1 atom stereocenters. The third kappa shape index (κ3) is 4.33. The number of methoxy groups -OCH3 is 1. The molecule has 0 aliphatic carbocycles. The highest BCUT2D eigenvalue weighted by molar-refractivity contribution is 7.09. The third-order valence-corrected chi connectivity index (χ3v) is 3.40. The number of hydrogen-bond acceptors (Lipinski definition) is 5. The van der Waals surface area contributed by atoms with Gasteiger partial charge < -0.3 is 15.4 Å². The minimum atomic E-state index is -0.615. The summed E-state index contributed by atoms with van der Waals surface area (Å²) in [5, 5.41) is 5.15. The van der Waals surface area contributed by atoms with E-state index >= 15 is 0 Å². The van der Waals surface area contributed by atoms with Gasteiger partial charge in [0, 0.05) is 17.8 Å². The number of rotatable bonds is 5. The van der Waals surface area contributed by atoms with E-state index in [4.69, 9.17) is 0 Å². The largest absolute Gasteiger partial charge is 0.453 e. The van der Waals surface area contributed by atoms with Gasteiger partial charge in [0.2, 0.25) is 5.91 Å². The van der Waals surface area contributed by atoms with Crippen LogP contribution in [0, 0.1) is 6.92 Å². The van der Waals surface area contributed by atoms with Gasteiger partial charge >= 0.3 is 6.09 Å². The normalized spacial score (nSPS) is 11.7. The molecule has 1 rings (SSSR count). The quantitative estimate of drug-likeness (QED) is 0.832. The molecule has 18 heavy (non-hydrogen) atoms. The number of nitrogens with one attached hydrogen (secondary N) is 2. The summed E-state index contributed by atoms with van der Waals surface area (Å²) in [4.78, 5) is 27.8. The van der Waals surface area contributed by atoms with Crippen LogP contribution in [-0.2, 0) is 16.0 Å². The Labute approximate surface area is 110 Å². The standard InChI is InChI=1S/C11H17N3O3S/c1-7-9(18-6-13-7)4-5-12-10(15)8(2)14-11(16)17-3/h6,8H,4-5H2,1-3H3,(H,12,15)(H,14,16)/t8-/m1/s1. The van der Waals surface area contributed by atoms with Crippen molar-refractivity contribution in [2.45, 2.75) is 26.3 Å². The van der Waals surface area contributed by atoms with Crippen molar-refractivity contribution in [2.24, 2.45) is 0 Å². The Kier molecular flexibility index (Phi) is 5.57. The fourth-order valence-electron chi connectivity index (χ4n) is 1.32. The van der Waals surface area contributed by atoms with Gasteiger partial charge in [0.05, 0.1) is 18.3 Å². The van der Waals surface area contributed by atoms with E-state index in [0.717, 1.165) is 17.0 Å². The molecule has 0 aromatic carbocycles. The summed E-state index contributed by atoms with van der Waals surface area (Å²) in [6, 6.07) is -0.611. The van der Waals surface area contributed by atoms with Crippen LogP contribution in [-0.4, -0.2) is 36.7 Å². The van der Waals surface area contributed by atoms with Crippen LogP contribution in [0.25, 0.3) is 0 Å². The predicted octanol–water partition coefficient (Wildman–Crippen LogP) is 0.855. The number of carbonyl (C=O) groups excluding carboxylic acids is 2. The van der Waals surface area contributed by atoms with Gasteiger partial charge in [-0.3, -0.25) is 4.79 Å². The Balaban J connectivity index is 2.29. The maximum absolute atomic E-state index is 11.6. The van der Waals surface area contributed by atoms with Crippen LogP contribution < -0.4 is 10.6 Å². The van der Waals surface area contributed by atoms with Crippen LogP contribution in [0.5, 0.6) is 0 Å². The first-order valence-corrected chi connectivity index (χ1v) is 6.43. The summed E-state index contributed by atoms with van der Waals surface area (Å²) in [5.74, 6) is -0.234. The Hall–Kier alpha value is -1.63. The molecule has 1 aromatic heterocycles. The number of aryl methyl sites for hydroxylation is 1. The van der Waals surface area contributed by atoms with E-state index in [0.29, 0.717) is 6.54 Å². The second-order valence-corrected chi connectivity index (χ2v) is 4.70. The summed E-state index contributed by atoms with van der Waals surface area (Å²) in [7, 11) is 1.26. The predicted molar refractivity (Wildman–Crippen MR) is 68.6 cm³/mol. The third-order valence-electron chi connectivity index (χ3n) is 2.41. The minimum absolute atomic E-state index is 0.234. The summed E-state index contributed by atoms with van der Waals surface area (Å²) >= 11 is 1.57. The van der Waals surface area contributed by atoms with Crippen LogP contribution in [0.2, 0.25) is 0 Å². The van der Waals surface area contributed by atoms with E-state index in [1.54, 1.807) is 23.8 Å². The van der Waals surface area contributed by atoms with E-state index < -0.39 is 12.1 Å². The molecule has 0 saturated heterocycles. The number of thiazole rings is 1. The van der Waals surface area contributed by atoms with Gasteiger partial charge in [-0.25, -0.2) is 9.78 Å². The van der Waals surface area contributed by atoms with Crippen molar-refractivity contribution in [3.8, 4) is 0 Å². The van der Waals surface area contributed by atoms with Crippen molar-refractivity contribution < 1.29 is 14.3 Å². The molecule has 1 aromatic rings. The Morgan fingerprint density at radius 3 is 2.83 bits per heavy atom. The Morgan fingerprint density at radius 1 is 1.56 bits per heavy atom. The SMILES string of the molecule is COC(=O)N[C@H](C)C(=O)NCCc1scnc1C. The molecule has 6 nitrogen and oxygen atoms in total. The first-order valence-electron chi connectivity index (χ1n) is 5.55. The second kappa shape index (κ2) is 6.95. The molecule has 7 heteroatoms. The lowest BCUT2D eigenvalue weighted by molar-refractivity contribution is -0.122. The number of aromatic nitrogens is 1. The van der Waals surface area contributed by atoms with E-state index in [9.17, 15) is 9.59 Å². The van der Waals surface area contributed by atoms with Gasteiger partial charge in [-0.15, -0.1) is 11.3 Å². The molecule has 0 spiro atoms. The molecule has 0 saturated carbocycles. The van der Waals surface area contributed by atoms with Gasteiger partial charge in [-0.1, -0.05) is 0 Å². The first-order chi connectivity index (χ1) is 8.54. The van der Waals surface area contributed by atoms with Crippen LogP contribution in [0.1, 0.15) is 17.5 Å². The first kappa shape index (κ1) is 14.4. The summed E-state index contributed by atoms with van der Waals surface area (Å²) in [6.45, 7) is 4.06. The maximum Gasteiger partial charge on any atom is 0.407 e. The van der Waals surface area contributed by atoms with Crippen molar-refractivity contribution in [3.05, 3.63) is 16.1 Å². The average Bonchev–Trinajstić information content (AvgIpc) is 2.74. The lowest BCUT2D eigenvalue weighted by Gasteiger charge is -2.12. The van der Waals surface area contributed by atoms with Crippen molar-refractivity contribution in [3.63, 3.8) is 0 Å². The highest BCUT2D eigenvalue weighted by Crippen LogP contribution is 2.11. The number of ether oxygens (including phenoxy) is 1. The maximum atomic E-state index is 11.6. The second-order valence-electron chi connectivity index (χ2n) is 3.76. The summed E-state index contributed by atoms with van der Waals surface area (Å²) < 4.78 is 4.41. The molecular formula is C11H17N3O3S. The Morgan fingerprint density at radius 2 is 2.28 bits per heavy atom. The highest BCUT2D eigenvalue weighted by Gasteiger charge is 2.15. The molecule has 0 fully saturated rings. The molecule has 0 aliphatic rings. The Bertz CT molecular complexity index is 419. The molecular weight excluding hydrogens is 254 g/mol. The molecule has 0 radical (unpaired) electrons. The zero-order chi connectivity index (χ0) is 13.5. The zero-order valence-corrected chi connectivity index (χ0v) is 11.5. The van der Waals surface area contributed by atoms with E-state index in [1.807, 2.05) is 6.92 Å². The number of carbonyl (C=O) groups is 2. The topological polar surface area (TPSA) is 80.3 Å². The molecule has 0 unspecified atom stereocenters. The fraction of sp³-hybridized carbons (Fsp3) is 0.545. The zero-order valence-electron chi connectivity index (χ0n) is 10.6. The van der Waals surface area contributed by atoms with Gasteiger partial charge in [0.25, 0.3) is 0 Å². The van der Waals surface area contributed by atoms with Crippen molar-refractivity contribution in [1.29, 1.82) is 0 Å². The number of alkyl carbamates (subject to hydrolysis) is 1.